The second-order valence-corrected chi connectivity index (χ2v) is 4.54. The van der Waals surface area contributed by atoms with Crippen LogP contribution in [0.3, 0.4) is 0 Å². The van der Waals surface area contributed by atoms with E-state index in [0.717, 1.165) is 11.3 Å². The van der Waals surface area contributed by atoms with Crippen molar-refractivity contribution in [2.45, 2.75) is 25.3 Å². The molecule has 1 aromatic carbocycles. The number of halogens is 2. The molecule has 1 unspecified atom stereocenters. The number of benzene rings is 1. The fourth-order valence-electron chi connectivity index (χ4n) is 2.08. The maximum absolute atomic E-state index is 12.7. The normalized spacial score (nSPS) is 25.4. The third-order valence-electron chi connectivity index (χ3n) is 3.13. The lowest BCUT2D eigenvalue weighted by molar-refractivity contribution is 0.0655. The Morgan fingerprint density at radius 2 is 2.19 bits per heavy atom. The van der Waals surface area contributed by atoms with Crippen LogP contribution in [0, 0.1) is 6.92 Å². The highest BCUT2D eigenvalue weighted by molar-refractivity contribution is 5.50. The van der Waals surface area contributed by atoms with Gasteiger partial charge in [-0.3, -0.25) is 0 Å². The van der Waals surface area contributed by atoms with Gasteiger partial charge in [-0.2, -0.15) is 0 Å². The minimum atomic E-state index is -2.46. The Labute approximate surface area is 94.0 Å². The molecular weight excluding hydrogens is 210 g/mol. The summed E-state index contributed by atoms with van der Waals surface area (Å²) in [5, 5.41) is 0. The van der Waals surface area contributed by atoms with E-state index in [2.05, 4.69) is 0 Å². The highest BCUT2D eigenvalue weighted by Gasteiger charge is 2.42. The van der Waals surface area contributed by atoms with Crippen molar-refractivity contribution in [3.63, 3.8) is 0 Å². The molecule has 1 fully saturated rings. The molecule has 2 rings (SSSR count). The van der Waals surface area contributed by atoms with Gasteiger partial charge in [0.15, 0.2) is 0 Å². The molecule has 0 aromatic heterocycles. The number of nitrogens with two attached hydrogens (primary N) is 1. The number of anilines is 1. The summed E-state index contributed by atoms with van der Waals surface area (Å²) in [5.74, 6) is 0. The van der Waals surface area contributed by atoms with Crippen molar-refractivity contribution >= 4 is 5.69 Å². The fraction of sp³-hybridized carbons (Fsp3) is 0.500. The minimum Gasteiger partial charge on any atom is -0.369 e. The van der Waals surface area contributed by atoms with Crippen LogP contribution in [0.4, 0.5) is 14.5 Å². The van der Waals surface area contributed by atoms with E-state index >= 15 is 0 Å². The van der Waals surface area contributed by atoms with Crippen LogP contribution in [-0.2, 0) is 0 Å². The second-order valence-electron chi connectivity index (χ2n) is 4.54. The molecule has 2 N–H and O–H groups in total. The van der Waals surface area contributed by atoms with Gasteiger partial charge in [0.05, 0.1) is 5.54 Å². The molecule has 0 aliphatic carbocycles. The summed E-state index contributed by atoms with van der Waals surface area (Å²) < 4.78 is 25.5. The summed E-state index contributed by atoms with van der Waals surface area (Å²) in [7, 11) is 0. The standard InChI is InChI=1S/C12H16F2N2/c1-9-3-2-4-10(7-9)16-6-5-12(15,8-16)11(13)14/h2-4,7,11H,5-6,8,15H2,1H3. The quantitative estimate of drug-likeness (QED) is 0.837. The van der Waals surface area contributed by atoms with Gasteiger partial charge in [0, 0.05) is 18.8 Å². The summed E-state index contributed by atoms with van der Waals surface area (Å²) >= 11 is 0. The number of hydrogen-bond acceptors (Lipinski definition) is 2. The molecule has 0 bridgehead atoms. The lowest BCUT2D eigenvalue weighted by Gasteiger charge is -2.24. The molecule has 0 amide bonds. The summed E-state index contributed by atoms with van der Waals surface area (Å²) in [6.45, 7) is 2.82. The molecule has 1 aliphatic heterocycles. The number of nitrogens with zero attached hydrogens (tertiary/aromatic N) is 1. The zero-order valence-electron chi connectivity index (χ0n) is 9.29. The maximum atomic E-state index is 12.7. The Morgan fingerprint density at radius 3 is 2.75 bits per heavy atom. The van der Waals surface area contributed by atoms with Crippen LogP contribution in [0.2, 0.25) is 0 Å². The van der Waals surface area contributed by atoms with Crippen molar-refractivity contribution in [2.75, 3.05) is 18.0 Å². The van der Waals surface area contributed by atoms with E-state index in [0.29, 0.717) is 13.0 Å². The van der Waals surface area contributed by atoms with E-state index in [1.165, 1.54) is 0 Å². The molecule has 16 heavy (non-hydrogen) atoms. The Bertz CT molecular complexity index is 381. The first-order valence-electron chi connectivity index (χ1n) is 5.40. The molecule has 2 nitrogen and oxygen atoms in total. The highest BCUT2D eigenvalue weighted by Crippen LogP contribution is 2.29. The summed E-state index contributed by atoms with van der Waals surface area (Å²) in [4.78, 5) is 1.93. The molecule has 4 heteroatoms. The summed E-state index contributed by atoms with van der Waals surface area (Å²) in [5.41, 5.74) is 6.44. The van der Waals surface area contributed by atoms with Crippen LogP contribution >= 0.6 is 0 Å². The molecule has 0 saturated carbocycles. The molecule has 1 atom stereocenters. The van der Waals surface area contributed by atoms with E-state index < -0.39 is 12.0 Å². The van der Waals surface area contributed by atoms with Crippen LogP contribution in [0.25, 0.3) is 0 Å². The van der Waals surface area contributed by atoms with Gasteiger partial charge in [-0.05, 0) is 31.0 Å². The highest BCUT2D eigenvalue weighted by atomic mass is 19.3. The van der Waals surface area contributed by atoms with Crippen LogP contribution in [0.5, 0.6) is 0 Å². The van der Waals surface area contributed by atoms with Crippen LogP contribution in [0.15, 0.2) is 24.3 Å². The zero-order valence-corrected chi connectivity index (χ0v) is 9.29. The summed E-state index contributed by atoms with van der Waals surface area (Å²) in [6, 6.07) is 7.85. The van der Waals surface area contributed by atoms with Crippen LogP contribution in [-0.4, -0.2) is 25.1 Å². The maximum Gasteiger partial charge on any atom is 0.258 e. The van der Waals surface area contributed by atoms with E-state index in [9.17, 15) is 8.78 Å². The molecule has 1 saturated heterocycles. The lowest BCUT2D eigenvalue weighted by Crippen LogP contribution is -2.49. The molecule has 1 aromatic rings. The van der Waals surface area contributed by atoms with Gasteiger partial charge in [-0.15, -0.1) is 0 Å². The minimum absolute atomic E-state index is 0.230. The smallest absolute Gasteiger partial charge is 0.258 e. The van der Waals surface area contributed by atoms with Crippen molar-refractivity contribution in [3.8, 4) is 0 Å². The largest absolute Gasteiger partial charge is 0.369 e. The van der Waals surface area contributed by atoms with Gasteiger partial charge < -0.3 is 10.6 Å². The predicted octanol–water partition coefficient (Wildman–Crippen LogP) is 2.17. The van der Waals surface area contributed by atoms with Crippen molar-refractivity contribution in [1.82, 2.24) is 0 Å². The molecule has 0 spiro atoms. The third-order valence-corrected chi connectivity index (χ3v) is 3.13. The number of hydrogen-bond donors (Lipinski definition) is 1. The van der Waals surface area contributed by atoms with Gasteiger partial charge in [0.25, 0.3) is 6.43 Å². The first-order chi connectivity index (χ1) is 7.51. The van der Waals surface area contributed by atoms with Crippen molar-refractivity contribution < 1.29 is 8.78 Å². The predicted molar refractivity (Wildman–Crippen MR) is 60.9 cm³/mol. The topological polar surface area (TPSA) is 29.3 Å². The van der Waals surface area contributed by atoms with E-state index in [1.54, 1.807) is 0 Å². The number of rotatable bonds is 2. The summed E-state index contributed by atoms with van der Waals surface area (Å²) in [6.07, 6.45) is -2.11. The Morgan fingerprint density at radius 1 is 1.44 bits per heavy atom. The van der Waals surface area contributed by atoms with Gasteiger partial charge in [-0.25, -0.2) is 8.78 Å². The van der Waals surface area contributed by atoms with Crippen LogP contribution in [0.1, 0.15) is 12.0 Å². The van der Waals surface area contributed by atoms with E-state index in [-0.39, 0.29) is 6.54 Å². The molecule has 88 valence electrons. The Balaban J connectivity index is 2.15. The van der Waals surface area contributed by atoms with Crippen molar-refractivity contribution in [2.24, 2.45) is 5.73 Å². The SMILES string of the molecule is Cc1cccc(N2CCC(N)(C(F)F)C2)c1. The fourth-order valence-corrected chi connectivity index (χ4v) is 2.08. The zero-order chi connectivity index (χ0) is 11.8. The molecule has 0 radical (unpaired) electrons. The lowest BCUT2D eigenvalue weighted by atomic mass is 10.0. The third kappa shape index (κ3) is 2.02. The average molecular weight is 226 g/mol. The van der Waals surface area contributed by atoms with Gasteiger partial charge in [0.1, 0.15) is 0 Å². The molecular formula is C12H16F2N2. The average Bonchev–Trinajstić information content (AvgIpc) is 2.62. The van der Waals surface area contributed by atoms with Gasteiger partial charge >= 0.3 is 0 Å². The van der Waals surface area contributed by atoms with Gasteiger partial charge in [-0.1, -0.05) is 12.1 Å². The molecule has 1 aliphatic rings. The van der Waals surface area contributed by atoms with Gasteiger partial charge in [0.2, 0.25) is 0 Å². The van der Waals surface area contributed by atoms with Crippen molar-refractivity contribution in [1.29, 1.82) is 0 Å². The Hall–Kier alpha value is -1.16. The second kappa shape index (κ2) is 4.01. The van der Waals surface area contributed by atoms with Crippen molar-refractivity contribution in [3.05, 3.63) is 29.8 Å². The number of aryl methyl sites for hydroxylation is 1. The first kappa shape index (κ1) is 11.3. The van der Waals surface area contributed by atoms with Crippen LogP contribution < -0.4 is 10.6 Å². The first-order valence-corrected chi connectivity index (χ1v) is 5.40. The monoisotopic (exact) mass is 226 g/mol. The molecule has 1 heterocycles. The Kier molecular flexibility index (Phi) is 2.84. The van der Waals surface area contributed by atoms with E-state index in [1.807, 2.05) is 36.1 Å². The van der Waals surface area contributed by atoms with E-state index in [4.69, 9.17) is 5.73 Å². The number of alkyl halides is 2.